The Labute approximate surface area is 104 Å². The van der Waals surface area contributed by atoms with Crippen molar-refractivity contribution in [2.24, 2.45) is 0 Å². The minimum absolute atomic E-state index is 0.237. The molecule has 1 N–H and O–H groups in total. The van der Waals surface area contributed by atoms with Crippen LogP contribution in [0.5, 0.6) is 11.5 Å². The van der Waals surface area contributed by atoms with Gasteiger partial charge in [0.05, 0.1) is 11.6 Å². The quantitative estimate of drug-likeness (QED) is 0.818. The number of H-pyrrole nitrogens is 1. The summed E-state index contributed by atoms with van der Waals surface area (Å²) in [6, 6.07) is 11.5. The lowest BCUT2D eigenvalue weighted by atomic mass is 10.1. The molecule has 88 valence electrons. The fourth-order valence-electron chi connectivity index (χ4n) is 1.83. The minimum Gasteiger partial charge on any atom is -0.454 e. The van der Waals surface area contributed by atoms with Crippen LogP contribution in [0.25, 0.3) is 11.6 Å². The lowest BCUT2D eigenvalue weighted by Crippen LogP contribution is -1.92. The lowest BCUT2D eigenvalue weighted by Gasteiger charge is -2.01. The molecule has 1 aromatic heterocycles. The van der Waals surface area contributed by atoms with E-state index in [4.69, 9.17) is 9.47 Å². The Kier molecular flexibility index (Phi) is 2.50. The van der Waals surface area contributed by atoms with Crippen molar-refractivity contribution in [1.29, 1.82) is 5.26 Å². The number of aromatic nitrogens is 1. The van der Waals surface area contributed by atoms with Gasteiger partial charge < -0.3 is 14.5 Å². The van der Waals surface area contributed by atoms with Gasteiger partial charge in [0.25, 0.3) is 0 Å². The molecule has 0 saturated carbocycles. The van der Waals surface area contributed by atoms with E-state index in [0.717, 1.165) is 17.0 Å². The molecule has 1 aliphatic heterocycles. The van der Waals surface area contributed by atoms with Crippen molar-refractivity contribution in [3.8, 4) is 17.6 Å². The first-order chi connectivity index (χ1) is 8.86. The van der Waals surface area contributed by atoms with Crippen molar-refractivity contribution < 1.29 is 9.47 Å². The molecule has 2 heterocycles. The Morgan fingerprint density at radius 2 is 2.17 bits per heavy atom. The van der Waals surface area contributed by atoms with Gasteiger partial charge in [-0.25, -0.2) is 0 Å². The number of allylic oxidation sites excluding steroid dienone is 1. The predicted molar refractivity (Wildman–Crippen MR) is 66.8 cm³/mol. The number of hydrogen-bond acceptors (Lipinski definition) is 3. The summed E-state index contributed by atoms with van der Waals surface area (Å²) in [5.41, 5.74) is 2.29. The molecule has 0 atom stereocenters. The highest BCUT2D eigenvalue weighted by atomic mass is 16.7. The van der Waals surface area contributed by atoms with Gasteiger partial charge in [0, 0.05) is 11.9 Å². The van der Waals surface area contributed by atoms with Crippen LogP contribution in [0.3, 0.4) is 0 Å². The topological polar surface area (TPSA) is 58.0 Å². The van der Waals surface area contributed by atoms with Gasteiger partial charge in [-0.1, -0.05) is 0 Å². The summed E-state index contributed by atoms with van der Waals surface area (Å²) >= 11 is 0. The highest BCUT2D eigenvalue weighted by molar-refractivity contribution is 5.89. The van der Waals surface area contributed by atoms with E-state index in [1.165, 1.54) is 0 Å². The molecule has 0 fully saturated rings. The van der Waals surface area contributed by atoms with Crippen LogP contribution in [0.4, 0.5) is 0 Å². The van der Waals surface area contributed by atoms with Crippen molar-refractivity contribution in [3.05, 3.63) is 47.8 Å². The molecule has 18 heavy (non-hydrogen) atoms. The molecule has 0 spiro atoms. The molecule has 0 radical (unpaired) electrons. The van der Waals surface area contributed by atoms with Gasteiger partial charge in [-0.05, 0) is 42.0 Å². The number of nitrogens with zero attached hydrogens (tertiary/aromatic N) is 1. The summed E-state index contributed by atoms with van der Waals surface area (Å²) < 4.78 is 10.5. The van der Waals surface area contributed by atoms with Crippen LogP contribution >= 0.6 is 0 Å². The normalized spacial score (nSPS) is 13.4. The van der Waals surface area contributed by atoms with Crippen LogP contribution in [0.15, 0.2) is 36.5 Å². The second kappa shape index (κ2) is 4.30. The van der Waals surface area contributed by atoms with Crippen molar-refractivity contribution in [2.75, 3.05) is 6.79 Å². The van der Waals surface area contributed by atoms with Gasteiger partial charge >= 0.3 is 0 Å². The fourth-order valence-corrected chi connectivity index (χ4v) is 1.83. The third-order valence-corrected chi connectivity index (χ3v) is 2.73. The van der Waals surface area contributed by atoms with E-state index in [1.54, 1.807) is 6.08 Å². The zero-order valence-electron chi connectivity index (χ0n) is 9.51. The minimum atomic E-state index is 0.237. The Morgan fingerprint density at radius 3 is 2.94 bits per heavy atom. The molecule has 0 aliphatic carbocycles. The molecule has 0 bridgehead atoms. The van der Waals surface area contributed by atoms with Gasteiger partial charge in [0.15, 0.2) is 11.5 Å². The Bertz CT molecular complexity index is 636. The van der Waals surface area contributed by atoms with Crippen molar-refractivity contribution >= 4 is 11.6 Å². The number of hydrogen-bond donors (Lipinski definition) is 1. The molecule has 4 nitrogen and oxygen atoms in total. The first kappa shape index (κ1) is 10.5. The second-order valence-corrected chi connectivity index (χ2v) is 3.86. The first-order valence-electron chi connectivity index (χ1n) is 5.52. The predicted octanol–water partition coefficient (Wildman–Crippen LogP) is 2.81. The number of ether oxygens (including phenoxy) is 2. The van der Waals surface area contributed by atoms with Crippen molar-refractivity contribution in [1.82, 2.24) is 4.98 Å². The summed E-state index contributed by atoms with van der Waals surface area (Å²) in [5, 5.41) is 9.22. The van der Waals surface area contributed by atoms with Crippen LogP contribution in [-0.4, -0.2) is 11.8 Å². The molecule has 0 saturated heterocycles. The zero-order chi connectivity index (χ0) is 12.4. The van der Waals surface area contributed by atoms with Crippen LogP contribution in [0.1, 0.15) is 11.3 Å². The largest absolute Gasteiger partial charge is 0.454 e. The number of rotatable bonds is 2. The number of fused-ring (bicyclic) bond motifs is 1. The maximum Gasteiger partial charge on any atom is 0.231 e. The second-order valence-electron chi connectivity index (χ2n) is 3.86. The number of nitrogens with one attached hydrogen (secondary N) is 1. The van der Waals surface area contributed by atoms with Crippen LogP contribution < -0.4 is 9.47 Å². The van der Waals surface area contributed by atoms with Gasteiger partial charge in [-0.15, -0.1) is 0 Å². The van der Waals surface area contributed by atoms with Crippen molar-refractivity contribution in [2.45, 2.75) is 0 Å². The average molecular weight is 238 g/mol. The number of aromatic amines is 1. The summed E-state index contributed by atoms with van der Waals surface area (Å²) in [6.07, 6.45) is 3.62. The average Bonchev–Trinajstić information content (AvgIpc) is 3.06. The van der Waals surface area contributed by atoms with E-state index in [1.807, 2.05) is 36.5 Å². The third-order valence-electron chi connectivity index (χ3n) is 2.73. The smallest absolute Gasteiger partial charge is 0.231 e. The lowest BCUT2D eigenvalue weighted by molar-refractivity contribution is 0.174. The molecule has 4 heteroatoms. The SMILES string of the molecule is N#C/C(=C\c1ccc[nH]1)c1ccc2c(c1)OCO2. The van der Waals surface area contributed by atoms with Crippen LogP contribution in [0.2, 0.25) is 0 Å². The van der Waals surface area contributed by atoms with Gasteiger partial charge in [-0.3, -0.25) is 0 Å². The van der Waals surface area contributed by atoms with Crippen LogP contribution in [-0.2, 0) is 0 Å². The van der Waals surface area contributed by atoms with E-state index in [9.17, 15) is 5.26 Å². The fraction of sp³-hybridized carbons (Fsp3) is 0.0714. The summed E-state index contributed by atoms with van der Waals surface area (Å²) in [5.74, 6) is 1.40. The molecular weight excluding hydrogens is 228 g/mol. The van der Waals surface area contributed by atoms with Crippen molar-refractivity contribution in [3.63, 3.8) is 0 Å². The van der Waals surface area contributed by atoms with E-state index in [2.05, 4.69) is 11.1 Å². The van der Waals surface area contributed by atoms with Gasteiger partial charge in [-0.2, -0.15) is 5.26 Å². The number of benzene rings is 1. The van der Waals surface area contributed by atoms with E-state index >= 15 is 0 Å². The maximum absolute atomic E-state index is 9.22. The Hall–Kier alpha value is -2.67. The van der Waals surface area contributed by atoms with Gasteiger partial charge in [0.1, 0.15) is 0 Å². The zero-order valence-corrected chi connectivity index (χ0v) is 9.51. The summed E-state index contributed by atoms with van der Waals surface area (Å²) in [4.78, 5) is 3.04. The first-order valence-corrected chi connectivity index (χ1v) is 5.52. The molecular formula is C14H10N2O2. The molecule has 1 aromatic carbocycles. The number of nitriles is 1. The van der Waals surface area contributed by atoms with Crippen LogP contribution in [0, 0.1) is 11.3 Å². The molecule has 1 aliphatic rings. The third kappa shape index (κ3) is 1.82. The Balaban J connectivity index is 2.00. The highest BCUT2D eigenvalue weighted by Crippen LogP contribution is 2.34. The molecule has 2 aromatic rings. The monoisotopic (exact) mass is 238 g/mol. The molecule has 0 amide bonds. The van der Waals surface area contributed by atoms with E-state index in [0.29, 0.717) is 11.3 Å². The van der Waals surface area contributed by atoms with Gasteiger partial charge in [0.2, 0.25) is 6.79 Å². The molecule has 3 rings (SSSR count). The highest BCUT2D eigenvalue weighted by Gasteiger charge is 2.14. The summed E-state index contributed by atoms with van der Waals surface area (Å²) in [6.45, 7) is 0.237. The summed E-state index contributed by atoms with van der Waals surface area (Å²) in [7, 11) is 0. The Morgan fingerprint density at radius 1 is 1.28 bits per heavy atom. The standard InChI is InChI=1S/C14H10N2O2/c15-8-11(6-12-2-1-5-16-12)10-3-4-13-14(7-10)18-9-17-13/h1-7,16H,9H2/b11-6+. The van der Waals surface area contributed by atoms with E-state index in [-0.39, 0.29) is 6.79 Å². The molecule has 0 unspecified atom stereocenters. The maximum atomic E-state index is 9.22. The van der Waals surface area contributed by atoms with E-state index < -0.39 is 0 Å².